The monoisotopic (exact) mass is 286 g/mol. The largest absolute Gasteiger partial charge is 0.493 e. The number of ether oxygens (including phenoxy) is 1. The maximum absolute atomic E-state index is 12.7. The Morgan fingerprint density at radius 1 is 1.43 bits per heavy atom. The molecule has 1 aliphatic heterocycles. The number of carbonyl (C=O) groups excluding carboxylic acids is 1. The van der Waals surface area contributed by atoms with Crippen LogP contribution >= 0.6 is 0 Å². The molecule has 0 aliphatic carbocycles. The van der Waals surface area contributed by atoms with Crippen LogP contribution in [0, 0.1) is 0 Å². The minimum absolute atomic E-state index is 0.0154. The zero-order valence-electron chi connectivity index (χ0n) is 12.0. The van der Waals surface area contributed by atoms with Gasteiger partial charge in [-0.2, -0.15) is 0 Å². The molecule has 1 amide bonds. The molecule has 1 unspecified atom stereocenters. The number of rotatable bonds is 4. The Kier molecular flexibility index (Phi) is 3.85. The predicted octanol–water partition coefficient (Wildman–Crippen LogP) is 1.76. The molecule has 0 spiro atoms. The first kappa shape index (κ1) is 13.6. The summed E-state index contributed by atoms with van der Waals surface area (Å²) in [6, 6.07) is 7.60. The summed E-state index contributed by atoms with van der Waals surface area (Å²) in [6.07, 6.45) is 4.40. The molecule has 1 saturated heterocycles. The van der Waals surface area contributed by atoms with Gasteiger partial charge < -0.3 is 9.64 Å². The molecule has 1 atom stereocenters. The number of nitrogens with zero attached hydrogens (tertiary/aromatic N) is 4. The van der Waals surface area contributed by atoms with E-state index in [0.29, 0.717) is 24.5 Å². The molecule has 0 N–H and O–H groups in total. The second-order valence-corrected chi connectivity index (χ2v) is 5.01. The van der Waals surface area contributed by atoms with Crippen LogP contribution in [0.25, 0.3) is 0 Å². The Labute approximate surface area is 123 Å². The van der Waals surface area contributed by atoms with Gasteiger partial charge in [-0.1, -0.05) is 17.3 Å². The molecule has 2 aromatic rings. The molecule has 1 fully saturated rings. The number of hydrogen-bond donors (Lipinski definition) is 0. The van der Waals surface area contributed by atoms with E-state index >= 15 is 0 Å². The third-order valence-corrected chi connectivity index (χ3v) is 3.68. The molecule has 2 heterocycles. The minimum atomic E-state index is 0.0154. The van der Waals surface area contributed by atoms with E-state index in [1.165, 1.54) is 0 Å². The Bertz CT molecular complexity index is 612. The van der Waals surface area contributed by atoms with Gasteiger partial charge in [-0.25, -0.2) is 4.68 Å². The molecule has 110 valence electrons. The van der Waals surface area contributed by atoms with Crippen LogP contribution in [-0.4, -0.2) is 45.5 Å². The summed E-state index contributed by atoms with van der Waals surface area (Å²) in [7, 11) is 0. The van der Waals surface area contributed by atoms with Gasteiger partial charge in [0.05, 0.1) is 24.4 Å². The van der Waals surface area contributed by atoms with Gasteiger partial charge in [0.2, 0.25) is 0 Å². The molecule has 1 aliphatic rings. The normalized spacial score (nSPS) is 18.0. The van der Waals surface area contributed by atoms with Crippen molar-refractivity contribution in [3.8, 4) is 5.75 Å². The van der Waals surface area contributed by atoms with E-state index in [0.717, 1.165) is 13.0 Å². The van der Waals surface area contributed by atoms with Gasteiger partial charge in [0, 0.05) is 19.3 Å². The van der Waals surface area contributed by atoms with Crippen LogP contribution in [0.4, 0.5) is 0 Å². The highest BCUT2D eigenvalue weighted by molar-refractivity contribution is 5.97. The van der Waals surface area contributed by atoms with Crippen LogP contribution < -0.4 is 4.74 Å². The summed E-state index contributed by atoms with van der Waals surface area (Å²) in [5, 5.41) is 7.84. The zero-order valence-corrected chi connectivity index (χ0v) is 12.0. The highest BCUT2D eigenvalue weighted by atomic mass is 16.5. The quantitative estimate of drug-likeness (QED) is 0.859. The van der Waals surface area contributed by atoms with Gasteiger partial charge in [0.1, 0.15) is 5.75 Å². The van der Waals surface area contributed by atoms with Crippen molar-refractivity contribution in [2.45, 2.75) is 19.4 Å². The standard InChI is InChI=1S/C15H18N4O2/c1-2-21-14-6-4-3-5-13(14)15(20)18-9-7-12(11-18)19-10-8-16-17-19/h3-6,8,10,12H,2,7,9,11H2,1H3. The average Bonchev–Trinajstić information content (AvgIpc) is 3.18. The van der Waals surface area contributed by atoms with Crippen LogP contribution in [0.2, 0.25) is 0 Å². The van der Waals surface area contributed by atoms with E-state index < -0.39 is 0 Å². The van der Waals surface area contributed by atoms with Gasteiger partial charge in [-0.15, -0.1) is 5.10 Å². The number of hydrogen-bond acceptors (Lipinski definition) is 4. The van der Waals surface area contributed by atoms with E-state index in [9.17, 15) is 4.79 Å². The molecule has 0 saturated carbocycles. The number of benzene rings is 1. The van der Waals surface area contributed by atoms with Crippen LogP contribution in [0.15, 0.2) is 36.7 Å². The smallest absolute Gasteiger partial charge is 0.257 e. The number of likely N-dealkylation sites (tertiary alicyclic amines) is 1. The lowest BCUT2D eigenvalue weighted by Crippen LogP contribution is -2.29. The second-order valence-electron chi connectivity index (χ2n) is 5.01. The van der Waals surface area contributed by atoms with E-state index in [4.69, 9.17) is 4.74 Å². The van der Waals surface area contributed by atoms with Gasteiger partial charge in [-0.3, -0.25) is 4.79 Å². The van der Waals surface area contributed by atoms with E-state index in [-0.39, 0.29) is 11.9 Å². The fourth-order valence-electron chi connectivity index (χ4n) is 2.65. The van der Waals surface area contributed by atoms with Crippen molar-refractivity contribution < 1.29 is 9.53 Å². The molecule has 0 radical (unpaired) electrons. The highest BCUT2D eigenvalue weighted by Gasteiger charge is 2.29. The van der Waals surface area contributed by atoms with Crippen LogP contribution in [0.3, 0.4) is 0 Å². The van der Waals surface area contributed by atoms with E-state index in [2.05, 4.69) is 10.3 Å². The molecular formula is C15H18N4O2. The zero-order chi connectivity index (χ0) is 14.7. The predicted molar refractivity (Wildman–Crippen MR) is 77.2 cm³/mol. The molecule has 21 heavy (non-hydrogen) atoms. The number of para-hydroxylation sites is 1. The third-order valence-electron chi connectivity index (χ3n) is 3.68. The summed E-state index contributed by atoms with van der Waals surface area (Å²) < 4.78 is 7.36. The van der Waals surface area contributed by atoms with E-state index in [1.807, 2.05) is 47.0 Å². The number of aromatic nitrogens is 3. The first-order valence-electron chi connectivity index (χ1n) is 7.16. The topological polar surface area (TPSA) is 60.2 Å². The SMILES string of the molecule is CCOc1ccccc1C(=O)N1CCC(n2ccnn2)C1. The van der Waals surface area contributed by atoms with Crippen molar-refractivity contribution in [1.29, 1.82) is 0 Å². The highest BCUT2D eigenvalue weighted by Crippen LogP contribution is 2.25. The van der Waals surface area contributed by atoms with Gasteiger partial charge in [-0.05, 0) is 25.5 Å². The Morgan fingerprint density at radius 3 is 3.05 bits per heavy atom. The number of amides is 1. The van der Waals surface area contributed by atoms with Crippen LogP contribution in [-0.2, 0) is 0 Å². The van der Waals surface area contributed by atoms with Crippen molar-refractivity contribution in [2.24, 2.45) is 0 Å². The molecule has 6 heteroatoms. The summed E-state index contributed by atoms with van der Waals surface area (Å²) in [5.74, 6) is 0.663. The number of carbonyl (C=O) groups is 1. The maximum Gasteiger partial charge on any atom is 0.257 e. The summed E-state index contributed by atoms with van der Waals surface area (Å²) in [5.41, 5.74) is 0.624. The molecule has 0 bridgehead atoms. The lowest BCUT2D eigenvalue weighted by molar-refractivity contribution is 0.0783. The van der Waals surface area contributed by atoms with Crippen molar-refractivity contribution in [3.05, 3.63) is 42.2 Å². The summed E-state index contributed by atoms with van der Waals surface area (Å²) in [4.78, 5) is 14.5. The molecule has 1 aromatic heterocycles. The van der Waals surface area contributed by atoms with Crippen molar-refractivity contribution in [3.63, 3.8) is 0 Å². The summed E-state index contributed by atoms with van der Waals surface area (Å²) >= 11 is 0. The first-order chi connectivity index (χ1) is 10.3. The van der Waals surface area contributed by atoms with Crippen molar-refractivity contribution in [2.75, 3.05) is 19.7 Å². The Balaban J connectivity index is 1.75. The van der Waals surface area contributed by atoms with Crippen LogP contribution in [0.1, 0.15) is 29.7 Å². The van der Waals surface area contributed by atoms with E-state index in [1.54, 1.807) is 6.20 Å². The van der Waals surface area contributed by atoms with Crippen molar-refractivity contribution in [1.82, 2.24) is 19.9 Å². The van der Waals surface area contributed by atoms with Crippen molar-refractivity contribution >= 4 is 5.91 Å². The fraction of sp³-hybridized carbons (Fsp3) is 0.400. The third kappa shape index (κ3) is 2.74. The average molecular weight is 286 g/mol. The molecular weight excluding hydrogens is 268 g/mol. The van der Waals surface area contributed by atoms with Gasteiger partial charge in [0.25, 0.3) is 5.91 Å². The molecule has 1 aromatic carbocycles. The van der Waals surface area contributed by atoms with Gasteiger partial charge in [0.15, 0.2) is 0 Å². The first-order valence-corrected chi connectivity index (χ1v) is 7.16. The summed E-state index contributed by atoms with van der Waals surface area (Å²) in [6.45, 7) is 3.84. The Morgan fingerprint density at radius 2 is 2.29 bits per heavy atom. The van der Waals surface area contributed by atoms with Crippen LogP contribution in [0.5, 0.6) is 5.75 Å². The van der Waals surface area contributed by atoms with Gasteiger partial charge >= 0.3 is 0 Å². The minimum Gasteiger partial charge on any atom is -0.493 e. The Hall–Kier alpha value is -2.37. The lowest BCUT2D eigenvalue weighted by atomic mass is 10.2. The molecule has 3 rings (SSSR count). The maximum atomic E-state index is 12.7. The molecule has 6 nitrogen and oxygen atoms in total. The second kappa shape index (κ2) is 5.95. The lowest BCUT2D eigenvalue weighted by Gasteiger charge is -2.18. The fourth-order valence-corrected chi connectivity index (χ4v) is 2.65.